The monoisotopic (exact) mass is 527 g/mol. The second-order valence-electron chi connectivity index (χ2n) is 10.7. The van der Waals surface area contributed by atoms with Crippen molar-refractivity contribution in [1.82, 2.24) is 10.3 Å². The largest absolute Gasteiger partial charge is 0.391 e. The average molecular weight is 528 g/mol. The number of H-pyrrole nitrogens is 1. The van der Waals surface area contributed by atoms with E-state index < -0.39 is 6.10 Å². The van der Waals surface area contributed by atoms with Crippen LogP contribution in [0.2, 0.25) is 0 Å². The van der Waals surface area contributed by atoms with Gasteiger partial charge in [-0.05, 0) is 75.1 Å². The van der Waals surface area contributed by atoms with Gasteiger partial charge in [0.15, 0.2) is 0 Å². The molecular weight excluding hydrogens is 490 g/mol. The van der Waals surface area contributed by atoms with Gasteiger partial charge in [0.05, 0.1) is 30.5 Å². The predicted octanol–water partition coefficient (Wildman–Crippen LogP) is 5.67. The van der Waals surface area contributed by atoms with E-state index in [1.54, 1.807) is 6.08 Å². The number of hydrogen-bond donors (Lipinski definition) is 4. The van der Waals surface area contributed by atoms with Crippen molar-refractivity contribution < 1.29 is 19.4 Å². The zero-order valence-electron chi connectivity index (χ0n) is 22.6. The molecule has 1 aliphatic carbocycles. The molecule has 3 heterocycles. The number of aliphatic hydroxyl groups excluding tert-OH is 1. The standard InChI is InChI=1S/C32H37N3O4/c1-4-24-28(17-26-25-16-22(19(2)3)10-12-27(25)35-31(26)37)34-30(21-8-9-21)29(24)32(38)33-18-23(36)11-7-20-6-5-14-39-15-13-20/h4,6,10,12,16-17,21,23,34,36H,1-2,5,7-9,11,13-15,18H2,3H3,(H,33,38)(H,35,37). The number of benzene rings is 1. The smallest absolute Gasteiger partial charge is 0.256 e. The van der Waals surface area contributed by atoms with Crippen molar-refractivity contribution in [2.75, 3.05) is 25.1 Å². The third-order valence-electron chi connectivity index (χ3n) is 7.66. The molecular formula is C32H37N3O4. The molecule has 1 atom stereocenters. The van der Waals surface area contributed by atoms with Crippen LogP contribution in [0.15, 0.2) is 43.0 Å². The number of nitrogens with one attached hydrogen (secondary N) is 3. The van der Waals surface area contributed by atoms with Gasteiger partial charge in [-0.1, -0.05) is 42.5 Å². The van der Waals surface area contributed by atoms with Crippen molar-refractivity contribution in [3.05, 3.63) is 76.6 Å². The summed E-state index contributed by atoms with van der Waals surface area (Å²) >= 11 is 0. The van der Waals surface area contributed by atoms with Gasteiger partial charge in [0.2, 0.25) is 0 Å². The summed E-state index contributed by atoms with van der Waals surface area (Å²) in [6.45, 7) is 11.6. The zero-order chi connectivity index (χ0) is 27.5. The van der Waals surface area contributed by atoms with E-state index in [2.05, 4.69) is 34.9 Å². The first-order valence-corrected chi connectivity index (χ1v) is 13.8. The lowest BCUT2D eigenvalue weighted by molar-refractivity contribution is -0.110. The molecule has 1 aromatic carbocycles. The fraction of sp³-hybridized carbons (Fsp3) is 0.375. The first kappa shape index (κ1) is 26.9. The number of allylic oxidation sites excluding steroid dienone is 1. The Bertz CT molecular complexity index is 1380. The molecule has 0 spiro atoms. The maximum absolute atomic E-state index is 13.4. The summed E-state index contributed by atoms with van der Waals surface area (Å²) in [7, 11) is 0. The first-order chi connectivity index (χ1) is 18.9. The SMILES string of the molecule is C=Cc1c(C=C2C(=O)Nc3ccc(C(=C)C)cc32)[nH]c(C2CC2)c1C(=O)NCC(O)CCC1=CCCOCC1. The maximum atomic E-state index is 13.4. The molecule has 2 aliphatic heterocycles. The highest BCUT2D eigenvalue weighted by Gasteiger charge is 2.33. The molecule has 0 saturated heterocycles. The molecule has 1 unspecified atom stereocenters. The maximum Gasteiger partial charge on any atom is 0.256 e. The number of fused-ring (bicyclic) bond motifs is 1. The van der Waals surface area contributed by atoms with E-state index >= 15 is 0 Å². The number of carbonyl (C=O) groups excluding carboxylic acids is 2. The molecule has 1 saturated carbocycles. The minimum atomic E-state index is -0.641. The Morgan fingerprint density at radius 2 is 2.13 bits per heavy atom. The number of aromatic nitrogens is 1. The van der Waals surface area contributed by atoms with Gasteiger partial charge in [-0.2, -0.15) is 0 Å². The summed E-state index contributed by atoms with van der Waals surface area (Å²) in [4.78, 5) is 29.8. The quantitative estimate of drug-likeness (QED) is 0.236. The Kier molecular flexibility index (Phi) is 8.00. The van der Waals surface area contributed by atoms with Gasteiger partial charge in [0.1, 0.15) is 0 Å². The predicted molar refractivity (Wildman–Crippen MR) is 156 cm³/mol. The number of ether oxygens (including phenoxy) is 1. The minimum absolute atomic E-state index is 0.171. The highest BCUT2D eigenvalue weighted by molar-refractivity contribution is 6.35. The van der Waals surface area contributed by atoms with Crippen LogP contribution in [-0.4, -0.2) is 47.8 Å². The number of rotatable bonds is 10. The van der Waals surface area contributed by atoms with Crippen molar-refractivity contribution >= 4 is 40.8 Å². The number of aromatic amines is 1. The summed E-state index contributed by atoms with van der Waals surface area (Å²) in [5.41, 5.74) is 8.03. The van der Waals surface area contributed by atoms with Crippen LogP contribution in [0.3, 0.4) is 0 Å². The number of carbonyl (C=O) groups is 2. The Morgan fingerprint density at radius 1 is 1.31 bits per heavy atom. The molecule has 1 fully saturated rings. The van der Waals surface area contributed by atoms with Crippen LogP contribution in [0.1, 0.15) is 89.8 Å². The average Bonchev–Trinajstić information content (AvgIpc) is 3.69. The van der Waals surface area contributed by atoms with Crippen LogP contribution in [-0.2, 0) is 9.53 Å². The third kappa shape index (κ3) is 6.00. The van der Waals surface area contributed by atoms with E-state index in [4.69, 9.17) is 4.74 Å². The van der Waals surface area contributed by atoms with Crippen LogP contribution in [0.5, 0.6) is 0 Å². The lowest BCUT2D eigenvalue weighted by Crippen LogP contribution is -2.32. The fourth-order valence-corrected chi connectivity index (χ4v) is 5.28. The molecule has 5 rings (SSSR count). The van der Waals surface area contributed by atoms with Crippen LogP contribution in [0, 0.1) is 0 Å². The third-order valence-corrected chi connectivity index (χ3v) is 7.66. The Hall–Kier alpha value is -3.68. The van der Waals surface area contributed by atoms with Gasteiger partial charge >= 0.3 is 0 Å². The summed E-state index contributed by atoms with van der Waals surface area (Å²) < 4.78 is 5.49. The first-order valence-electron chi connectivity index (χ1n) is 13.8. The summed E-state index contributed by atoms with van der Waals surface area (Å²) in [6.07, 6.45) is 10.2. The minimum Gasteiger partial charge on any atom is -0.391 e. The summed E-state index contributed by atoms with van der Waals surface area (Å²) in [5.74, 6) is -0.161. The zero-order valence-corrected chi connectivity index (χ0v) is 22.6. The lowest BCUT2D eigenvalue weighted by Gasteiger charge is -2.14. The topological polar surface area (TPSA) is 103 Å². The molecule has 1 aromatic heterocycles. The molecule has 3 aliphatic rings. The highest BCUT2D eigenvalue weighted by atomic mass is 16.5. The normalized spacial score (nSPS) is 18.7. The van der Waals surface area contributed by atoms with Crippen molar-refractivity contribution in [3.8, 4) is 0 Å². The number of hydrogen-bond acceptors (Lipinski definition) is 4. The molecule has 2 aromatic rings. The van der Waals surface area contributed by atoms with Crippen LogP contribution in [0.4, 0.5) is 5.69 Å². The van der Waals surface area contributed by atoms with E-state index in [9.17, 15) is 14.7 Å². The fourth-order valence-electron chi connectivity index (χ4n) is 5.28. The van der Waals surface area contributed by atoms with Gasteiger partial charge in [-0.25, -0.2) is 0 Å². The second-order valence-corrected chi connectivity index (χ2v) is 10.7. The van der Waals surface area contributed by atoms with Crippen molar-refractivity contribution in [3.63, 3.8) is 0 Å². The molecule has 7 heteroatoms. The van der Waals surface area contributed by atoms with Gasteiger partial charge in [0.25, 0.3) is 11.8 Å². The second kappa shape index (κ2) is 11.6. The lowest BCUT2D eigenvalue weighted by atomic mass is 9.99. The molecule has 7 nitrogen and oxygen atoms in total. The van der Waals surface area contributed by atoms with E-state index in [1.807, 2.05) is 31.2 Å². The van der Waals surface area contributed by atoms with Crippen molar-refractivity contribution in [2.24, 2.45) is 0 Å². The van der Waals surface area contributed by atoms with E-state index in [-0.39, 0.29) is 24.3 Å². The van der Waals surface area contributed by atoms with E-state index in [1.165, 1.54) is 5.57 Å². The number of amides is 2. The number of anilines is 1. The van der Waals surface area contributed by atoms with Crippen molar-refractivity contribution in [2.45, 2.75) is 57.5 Å². The summed E-state index contributed by atoms with van der Waals surface area (Å²) in [5, 5.41) is 16.4. The van der Waals surface area contributed by atoms with Gasteiger partial charge in [0, 0.05) is 34.7 Å². The Balaban J connectivity index is 1.36. The van der Waals surface area contributed by atoms with E-state index in [0.717, 1.165) is 73.4 Å². The number of aliphatic hydroxyl groups is 1. The molecule has 39 heavy (non-hydrogen) atoms. The van der Waals surface area contributed by atoms with Crippen molar-refractivity contribution in [1.29, 1.82) is 0 Å². The Labute approximate surface area is 229 Å². The Morgan fingerprint density at radius 3 is 2.87 bits per heavy atom. The molecule has 0 bridgehead atoms. The van der Waals surface area contributed by atoms with Crippen LogP contribution in [0.25, 0.3) is 23.3 Å². The van der Waals surface area contributed by atoms with E-state index in [0.29, 0.717) is 28.8 Å². The summed E-state index contributed by atoms with van der Waals surface area (Å²) in [6, 6.07) is 5.80. The van der Waals surface area contributed by atoms with Crippen LogP contribution >= 0.6 is 0 Å². The van der Waals surface area contributed by atoms with Gasteiger partial charge in [-0.3, -0.25) is 9.59 Å². The van der Waals surface area contributed by atoms with Gasteiger partial charge < -0.3 is 25.5 Å². The molecule has 204 valence electrons. The highest BCUT2D eigenvalue weighted by Crippen LogP contribution is 2.44. The molecule has 4 N–H and O–H groups in total. The van der Waals surface area contributed by atoms with Crippen LogP contribution < -0.4 is 10.6 Å². The molecule has 0 radical (unpaired) electrons. The van der Waals surface area contributed by atoms with Gasteiger partial charge in [-0.15, -0.1) is 0 Å². The molecule has 2 amide bonds.